The molecule has 0 unspecified atom stereocenters. The van der Waals surface area contributed by atoms with Gasteiger partial charge in [-0.25, -0.2) is 14.4 Å². The molecule has 1 aromatic rings. The van der Waals surface area contributed by atoms with Crippen molar-refractivity contribution in [1.29, 1.82) is 0 Å². The molecular formula is C7H6N3O6+. The molecule has 0 fully saturated rings. The Kier molecular flexibility index (Phi) is 2.99. The number of nitrogens with zero attached hydrogens (tertiary/aromatic N) is 2. The molecule has 16 heavy (non-hydrogen) atoms. The van der Waals surface area contributed by atoms with E-state index in [9.17, 15) is 19.7 Å². The second-order valence-electron chi connectivity index (χ2n) is 2.55. The zero-order valence-electron chi connectivity index (χ0n) is 7.69. The molecule has 3 N–H and O–H groups in total. The summed E-state index contributed by atoms with van der Waals surface area (Å²) in [6.45, 7) is 0. The third kappa shape index (κ3) is 2.20. The Bertz CT molecular complexity index is 471. The molecule has 0 aliphatic carbocycles. The normalized spacial score (nSPS) is 9.50. The fourth-order valence-electron chi connectivity index (χ4n) is 0.853. The minimum atomic E-state index is -1.83. The average Bonchev–Trinajstić information content (AvgIpc) is 2.20. The van der Waals surface area contributed by atoms with E-state index in [1.807, 2.05) is 0 Å². The van der Waals surface area contributed by atoms with Crippen molar-refractivity contribution in [2.24, 2.45) is 0 Å². The largest absolute Gasteiger partial charge is 0.473 e. The Balaban J connectivity index is 3.07. The number of nitrogen functional groups attached to an aromatic ring is 1. The van der Waals surface area contributed by atoms with Crippen molar-refractivity contribution in [1.82, 2.24) is 0 Å². The molecule has 0 spiro atoms. The van der Waals surface area contributed by atoms with Gasteiger partial charge in [-0.15, -0.1) is 0 Å². The van der Waals surface area contributed by atoms with Crippen LogP contribution in [0, 0.1) is 10.1 Å². The van der Waals surface area contributed by atoms with Crippen LogP contribution in [0.25, 0.3) is 0 Å². The Morgan fingerprint density at radius 2 is 2.19 bits per heavy atom. The van der Waals surface area contributed by atoms with Crippen molar-refractivity contribution in [3.05, 3.63) is 28.4 Å². The van der Waals surface area contributed by atoms with Gasteiger partial charge >= 0.3 is 23.4 Å². The first kappa shape index (κ1) is 11.4. The zero-order valence-corrected chi connectivity index (χ0v) is 7.69. The molecule has 0 saturated heterocycles. The SMILES string of the molecule is Nc1c([N+](=O)[O-])ccc[n+]1OC(=O)C(=O)O. The summed E-state index contributed by atoms with van der Waals surface area (Å²) in [5.41, 5.74) is 4.78. The summed E-state index contributed by atoms with van der Waals surface area (Å²) in [5.74, 6) is -3.92. The molecule has 0 atom stereocenters. The van der Waals surface area contributed by atoms with Gasteiger partial charge in [0.1, 0.15) is 6.20 Å². The molecule has 1 heterocycles. The van der Waals surface area contributed by atoms with E-state index in [2.05, 4.69) is 4.84 Å². The van der Waals surface area contributed by atoms with Gasteiger partial charge in [0.25, 0.3) is 0 Å². The predicted molar refractivity (Wildman–Crippen MR) is 46.9 cm³/mol. The zero-order chi connectivity index (χ0) is 12.3. The first-order valence-corrected chi connectivity index (χ1v) is 3.83. The van der Waals surface area contributed by atoms with Gasteiger partial charge in [-0.05, 0) is 10.8 Å². The summed E-state index contributed by atoms with van der Waals surface area (Å²) in [4.78, 5) is 34.8. The van der Waals surface area contributed by atoms with E-state index in [1.54, 1.807) is 0 Å². The van der Waals surface area contributed by atoms with Crippen LogP contribution in [0.3, 0.4) is 0 Å². The Labute approximate surface area is 87.8 Å². The fourth-order valence-corrected chi connectivity index (χ4v) is 0.853. The highest BCUT2D eigenvalue weighted by atomic mass is 16.7. The highest BCUT2D eigenvalue weighted by Gasteiger charge is 2.25. The number of carbonyl (C=O) groups excluding carboxylic acids is 1. The summed E-state index contributed by atoms with van der Waals surface area (Å²) >= 11 is 0. The maximum atomic E-state index is 10.7. The summed E-state index contributed by atoms with van der Waals surface area (Å²) in [6, 6.07) is 2.27. The van der Waals surface area contributed by atoms with Crippen LogP contribution in [0.15, 0.2) is 18.3 Å². The lowest BCUT2D eigenvalue weighted by Gasteiger charge is -1.99. The van der Waals surface area contributed by atoms with E-state index in [4.69, 9.17) is 10.8 Å². The molecule has 0 amide bonds. The first-order valence-electron chi connectivity index (χ1n) is 3.83. The van der Waals surface area contributed by atoms with E-state index in [0.717, 1.165) is 12.3 Å². The number of aliphatic carboxylic acids is 1. The topological polar surface area (TPSA) is 137 Å². The van der Waals surface area contributed by atoms with Crippen molar-refractivity contribution in [2.45, 2.75) is 0 Å². The van der Waals surface area contributed by atoms with Crippen LogP contribution < -0.4 is 15.3 Å². The van der Waals surface area contributed by atoms with Gasteiger partial charge < -0.3 is 5.11 Å². The molecule has 0 bridgehead atoms. The fraction of sp³-hybridized carbons (Fsp3) is 0. The number of pyridine rings is 1. The van der Waals surface area contributed by atoms with Crippen LogP contribution in [0.4, 0.5) is 11.5 Å². The number of hydrogen-bond acceptors (Lipinski definition) is 6. The van der Waals surface area contributed by atoms with Crippen LogP contribution in [-0.2, 0) is 9.59 Å². The van der Waals surface area contributed by atoms with E-state index in [-0.39, 0.29) is 0 Å². The number of anilines is 1. The Morgan fingerprint density at radius 1 is 1.56 bits per heavy atom. The van der Waals surface area contributed by atoms with Crippen molar-refractivity contribution in [2.75, 3.05) is 5.73 Å². The third-order valence-electron chi connectivity index (χ3n) is 1.53. The number of hydrogen-bond donors (Lipinski definition) is 2. The number of carboxylic acids is 1. The van der Waals surface area contributed by atoms with Crippen molar-refractivity contribution in [3.63, 3.8) is 0 Å². The Morgan fingerprint density at radius 3 is 2.69 bits per heavy atom. The lowest BCUT2D eigenvalue weighted by Crippen LogP contribution is -2.50. The lowest BCUT2D eigenvalue weighted by molar-refractivity contribution is -0.857. The highest BCUT2D eigenvalue weighted by molar-refractivity contribution is 6.28. The molecule has 0 aromatic carbocycles. The molecular weight excluding hydrogens is 222 g/mol. The number of rotatable bonds is 2. The second kappa shape index (κ2) is 4.21. The molecule has 9 nitrogen and oxygen atoms in total. The molecule has 9 heteroatoms. The van der Waals surface area contributed by atoms with Crippen LogP contribution in [0.5, 0.6) is 0 Å². The average molecular weight is 228 g/mol. The van der Waals surface area contributed by atoms with Crippen LogP contribution in [0.1, 0.15) is 0 Å². The van der Waals surface area contributed by atoms with Crippen molar-refractivity contribution >= 4 is 23.4 Å². The number of carbonyl (C=O) groups is 2. The van der Waals surface area contributed by atoms with Crippen LogP contribution in [-0.4, -0.2) is 22.0 Å². The minimum Gasteiger partial charge on any atom is -0.473 e. The smallest absolute Gasteiger partial charge is 0.465 e. The summed E-state index contributed by atoms with van der Waals surface area (Å²) in [7, 11) is 0. The predicted octanol–water partition coefficient (Wildman–Crippen LogP) is -1.50. The molecule has 84 valence electrons. The number of aromatic nitrogens is 1. The third-order valence-corrected chi connectivity index (χ3v) is 1.53. The lowest BCUT2D eigenvalue weighted by atomic mass is 10.4. The molecule has 0 radical (unpaired) electrons. The second-order valence-corrected chi connectivity index (χ2v) is 2.55. The van der Waals surface area contributed by atoms with Gasteiger partial charge in [-0.2, -0.15) is 0 Å². The van der Waals surface area contributed by atoms with E-state index in [0.29, 0.717) is 4.73 Å². The van der Waals surface area contributed by atoms with E-state index in [1.165, 1.54) is 6.07 Å². The first-order chi connectivity index (χ1) is 7.43. The van der Waals surface area contributed by atoms with Crippen molar-refractivity contribution in [3.8, 4) is 0 Å². The molecule has 0 aliphatic rings. The van der Waals surface area contributed by atoms with E-state index < -0.39 is 28.4 Å². The highest BCUT2D eigenvalue weighted by Crippen LogP contribution is 2.14. The monoisotopic (exact) mass is 228 g/mol. The van der Waals surface area contributed by atoms with E-state index >= 15 is 0 Å². The minimum absolute atomic E-state index is 0.484. The number of carboxylic acid groups (broad SMARTS) is 1. The maximum Gasteiger partial charge on any atom is 0.465 e. The van der Waals surface area contributed by atoms with Crippen molar-refractivity contribution < 1.29 is 29.2 Å². The molecule has 1 aromatic heterocycles. The molecule has 0 saturated carbocycles. The van der Waals surface area contributed by atoms with Gasteiger partial charge in [0.05, 0.1) is 4.92 Å². The van der Waals surface area contributed by atoms with Gasteiger partial charge in [0, 0.05) is 6.07 Å². The summed E-state index contributed by atoms with van der Waals surface area (Å²) < 4.78 is 0.509. The molecule has 0 aliphatic heterocycles. The summed E-state index contributed by atoms with van der Waals surface area (Å²) in [6.07, 6.45) is 1.07. The van der Waals surface area contributed by atoms with Gasteiger partial charge in [-0.3, -0.25) is 15.8 Å². The summed E-state index contributed by atoms with van der Waals surface area (Å²) in [5, 5.41) is 18.7. The maximum absolute atomic E-state index is 10.7. The standard InChI is InChI=1S/C7H5N3O6/c8-5-4(10(14)15)2-1-3-9(5)16-7(13)6(11)12/h1-3,8H,(H,11,12)/p+1. The van der Waals surface area contributed by atoms with Crippen LogP contribution >= 0.6 is 0 Å². The number of nitrogens with two attached hydrogens (primary N) is 1. The van der Waals surface area contributed by atoms with Crippen LogP contribution in [0.2, 0.25) is 0 Å². The number of nitro groups is 1. The van der Waals surface area contributed by atoms with Gasteiger partial charge in [0.15, 0.2) is 0 Å². The van der Waals surface area contributed by atoms with Gasteiger partial charge in [-0.1, -0.05) is 0 Å². The Hall–Kier alpha value is -2.71. The van der Waals surface area contributed by atoms with Gasteiger partial charge in [0.2, 0.25) is 0 Å². The quantitative estimate of drug-likeness (QED) is 0.272. The molecule has 1 rings (SSSR count).